The SMILES string of the molecule is CNc1cc(N2Cc3nc(C)sc3C2)c(C(=O)NCC(F)(F)F)cc1N=O. The average Bonchev–Trinajstić information content (AvgIpc) is 3.15. The Morgan fingerprint density at radius 1 is 1.37 bits per heavy atom. The summed E-state index contributed by atoms with van der Waals surface area (Å²) >= 11 is 1.53. The number of hydrogen-bond donors (Lipinski definition) is 2. The second-order valence-electron chi connectivity index (χ2n) is 5.98. The number of anilines is 2. The van der Waals surface area contributed by atoms with Crippen LogP contribution in [0.15, 0.2) is 17.3 Å². The molecular formula is C16H16F3N5O2S. The highest BCUT2D eigenvalue weighted by Gasteiger charge is 2.31. The highest BCUT2D eigenvalue weighted by atomic mass is 32.1. The topological polar surface area (TPSA) is 86.7 Å². The maximum absolute atomic E-state index is 12.5. The van der Waals surface area contributed by atoms with Crippen LogP contribution >= 0.6 is 11.3 Å². The molecule has 0 fully saturated rings. The zero-order chi connectivity index (χ0) is 19.8. The number of aryl methyl sites for hydroxylation is 1. The van der Waals surface area contributed by atoms with Gasteiger partial charge in [0, 0.05) is 11.9 Å². The molecule has 0 bridgehead atoms. The number of benzene rings is 1. The second-order valence-corrected chi connectivity index (χ2v) is 7.27. The lowest BCUT2D eigenvalue weighted by Gasteiger charge is -2.23. The molecule has 27 heavy (non-hydrogen) atoms. The van der Waals surface area contributed by atoms with Crippen LogP contribution in [0, 0.1) is 11.8 Å². The molecule has 0 radical (unpaired) electrons. The molecule has 0 spiro atoms. The smallest absolute Gasteiger partial charge is 0.386 e. The van der Waals surface area contributed by atoms with Gasteiger partial charge in [0.05, 0.1) is 40.7 Å². The van der Waals surface area contributed by atoms with Gasteiger partial charge in [-0.15, -0.1) is 16.2 Å². The normalized spacial score (nSPS) is 13.4. The number of nitrogens with one attached hydrogen (secondary N) is 2. The van der Waals surface area contributed by atoms with Crippen molar-refractivity contribution in [3.63, 3.8) is 0 Å². The molecule has 1 aliphatic heterocycles. The van der Waals surface area contributed by atoms with Crippen LogP contribution in [0.2, 0.25) is 0 Å². The minimum atomic E-state index is -4.54. The van der Waals surface area contributed by atoms with Crippen molar-refractivity contribution < 1.29 is 18.0 Å². The number of fused-ring (bicyclic) bond motifs is 1. The van der Waals surface area contributed by atoms with E-state index in [0.717, 1.165) is 15.6 Å². The standard InChI is InChI=1S/C16H16F3N5O2S/c1-8-22-12-5-24(6-14(12)27-8)13-4-10(20-2)11(23-26)3-9(13)15(25)21-7-16(17,18)19/h3-4,20H,5-7H2,1-2H3,(H,21,25). The number of nitrogens with zero attached hydrogens (tertiary/aromatic N) is 3. The molecule has 2 N–H and O–H groups in total. The monoisotopic (exact) mass is 399 g/mol. The highest BCUT2D eigenvalue weighted by Crippen LogP contribution is 2.38. The van der Waals surface area contributed by atoms with Crippen molar-refractivity contribution in [2.24, 2.45) is 5.18 Å². The molecule has 1 aromatic carbocycles. The number of aromatic nitrogens is 1. The van der Waals surface area contributed by atoms with E-state index >= 15 is 0 Å². The van der Waals surface area contributed by atoms with Crippen molar-refractivity contribution in [2.45, 2.75) is 26.2 Å². The van der Waals surface area contributed by atoms with Gasteiger partial charge in [-0.05, 0) is 24.2 Å². The number of carbonyl (C=O) groups excluding carboxylic acids is 1. The predicted octanol–water partition coefficient (Wildman–Crippen LogP) is 3.70. The summed E-state index contributed by atoms with van der Waals surface area (Å²) in [5.41, 5.74) is 1.57. The molecule has 0 aliphatic carbocycles. The molecule has 1 aromatic heterocycles. The summed E-state index contributed by atoms with van der Waals surface area (Å²) in [4.78, 5) is 30.8. The van der Waals surface area contributed by atoms with E-state index in [4.69, 9.17) is 0 Å². The Bertz CT molecular complexity index is 873. The first-order valence-corrected chi connectivity index (χ1v) is 8.77. The van der Waals surface area contributed by atoms with Crippen molar-refractivity contribution in [3.8, 4) is 0 Å². The third kappa shape index (κ3) is 4.02. The number of alkyl halides is 3. The van der Waals surface area contributed by atoms with Crippen LogP contribution in [0.1, 0.15) is 25.9 Å². The van der Waals surface area contributed by atoms with Gasteiger partial charge >= 0.3 is 6.18 Å². The fourth-order valence-corrected chi connectivity index (χ4v) is 3.87. The van der Waals surface area contributed by atoms with Gasteiger partial charge in [-0.1, -0.05) is 0 Å². The summed E-state index contributed by atoms with van der Waals surface area (Å²) in [6.45, 7) is 1.34. The van der Waals surface area contributed by atoms with Crippen LogP contribution in [-0.4, -0.2) is 30.7 Å². The molecule has 7 nitrogen and oxygen atoms in total. The molecule has 1 aliphatic rings. The van der Waals surface area contributed by atoms with Gasteiger partial charge in [0.15, 0.2) is 0 Å². The number of hydrogen-bond acceptors (Lipinski definition) is 7. The number of carbonyl (C=O) groups is 1. The van der Waals surface area contributed by atoms with Crippen molar-refractivity contribution in [2.75, 3.05) is 23.8 Å². The summed E-state index contributed by atoms with van der Waals surface area (Å²) in [5, 5.41) is 8.45. The van der Waals surface area contributed by atoms with Crippen LogP contribution in [-0.2, 0) is 13.1 Å². The molecule has 0 saturated carbocycles. The zero-order valence-electron chi connectivity index (χ0n) is 14.5. The fraction of sp³-hybridized carbons (Fsp3) is 0.375. The van der Waals surface area contributed by atoms with Gasteiger partial charge < -0.3 is 15.5 Å². The summed E-state index contributed by atoms with van der Waals surface area (Å²) in [5.74, 6) is -0.922. The number of halogens is 3. The van der Waals surface area contributed by atoms with Crippen LogP contribution in [0.5, 0.6) is 0 Å². The molecular weight excluding hydrogens is 383 g/mol. The van der Waals surface area contributed by atoms with Crippen LogP contribution in [0.25, 0.3) is 0 Å². The van der Waals surface area contributed by atoms with E-state index in [9.17, 15) is 22.9 Å². The molecule has 3 rings (SSSR count). The molecule has 0 unspecified atom stereocenters. The first-order chi connectivity index (χ1) is 12.7. The lowest BCUT2D eigenvalue weighted by atomic mass is 10.1. The fourth-order valence-electron chi connectivity index (χ4n) is 2.91. The molecule has 11 heteroatoms. The number of amides is 1. The van der Waals surface area contributed by atoms with Crippen molar-refractivity contribution in [3.05, 3.63) is 38.2 Å². The molecule has 0 atom stereocenters. The average molecular weight is 399 g/mol. The van der Waals surface area contributed by atoms with E-state index < -0.39 is 18.6 Å². The Labute approximate surface area is 156 Å². The van der Waals surface area contributed by atoms with Gasteiger partial charge in [0.25, 0.3) is 5.91 Å². The second kappa shape index (κ2) is 7.14. The maximum atomic E-state index is 12.5. The molecule has 2 aromatic rings. The summed E-state index contributed by atoms with van der Waals surface area (Å²) in [6, 6.07) is 2.74. The van der Waals surface area contributed by atoms with Gasteiger partial charge in [-0.2, -0.15) is 13.2 Å². The van der Waals surface area contributed by atoms with Crippen molar-refractivity contribution in [1.29, 1.82) is 0 Å². The van der Waals surface area contributed by atoms with Gasteiger partial charge in [0.1, 0.15) is 12.2 Å². The summed E-state index contributed by atoms with van der Waals surface area (Å²) in [6.07, 6.45) is -4.54. The Morgan fingerprint density at radius 3 is 2.70 bits per heavy atom. The predicted molar refractivity (Wildman–Crippen MR) is 96.6 cm³/mol. The summed E-state index contributed by atoms with van der Waals surface area (Å²) < 4.78 is 37.4. The van der Waals surface area contributed by atoms with Crippen molar-refractivity contribution >= 4 is 34.3 Å². The van der Waals surface area contributed by atoms with Crippen LogP contribution < -0.4 is 15.5 Å². The number of thiazole rings is 1. The molecule has 144 valence electrons. The molecule has 2 heterocycles. The van der Waals surface area contributed by atoms with E-state index in [2.05, 4.69) is 15.5 Å². The Morgan fingerprint density at radius 2 is 2.11 bits per heavy atom. The van der Waals surface area contributed by atoms with E-state index in [0.29, 0.717) is 24.5 Å². The lowest BCUT2D eigenvalue weighted by Crippen LogP contribution is -2.34. The van der Waals surface area contributed by atoms with Crippen molar-refractivity contribution in [1.82, 2.24) is 10.3 Å². The van der Waals surface area contributed by atoms with Crippen LogP contribution in [0.4, 0.5) is 30.2 Å². The van der Waals surface area contributed by atoms with E-state index in [1.807, 2.05) is 17.1 Å². The zero-order valence-corrected chi connectivity index (χ0v) is 15.3. The third-order valence-corrected chi connectivity index (χ3v) is 5.07. The Kier molecular flexibility index (Phi) is 5.05. The van der Waals surface area contributed by atoms with Gasteiger partial charge in [0.2, 0.25) is 0 Å². The van der Waals surface area contributed by atoms with Gasteiger partial charge in [-0.3, -0.25) is 4.79 Å². The lowest BCUT2D eigenvalue weighted by molar-refractivity contribution is -0.123. The third-order valence-electron chi connectivity index (χ3n) is 4.08. The quantitative estimate of drug-likeness (QED) is 0.749. The summed E-state index contributed by atoms with van der Waals surface area (Å²) in [7, 11) is 1.59. The Balaban J connectivity index is 1.97. The highest BCUT2D eigenvalue weighted by molar-refractivity contribution is 7.11. The van der Waals surface area contributed by atoms with E-state index in [-0.39, 0.29) is 11.3 Å². The van der Waals surface area contributed by atoms with Crippen LogP contribution in [0.3, 0.4) is 0 Å². The first-order valence-electron chi connectivity index (χ1n) is 7.96. The largest absolute Gasteiger partial charge is 0.405 e. The minimum Gasteiger partial charge on any atom is -0.386 e. The number of rotatable bonds is 5. The number of nitroso groups, excluding NO2 is 1. The Hall–Kier alpha value is -2.69. The first kappa shape index (κ1) is 19.1. The van der Waals surface area contributed by atoms with E-state index in [1.54, 1.807) is 13.1 Å². The maximum Gasteiger partial charge on any atom is 0.405 e. The molecule has 1 amide bonds. The minimum absolute atomic E-state index is 0.0419. The van der Waals surface area contributed by atoms with Gasteiger partial charge in [-0.25, -0.2) is 4.98 Å². The van der Waals surface area contributed by atoms with E-state index in [1.165, 1.54) is 17.4 Å². The molecule has 0 saturated heterocycles.